The van der Waals surface area contributed by atoms with Crippen LogP contribution in [0.15, 0.2) is 22.6 Å². The monoisotopic (exact) mass is 264 g/mol. The summed E-state index contributed by atoms with van der Waals surface area (Å²) in [6, 6.07) is 4.78. The van der Waals surface area contributed by atoms with Crippen LogP contribution >= 0.6 is 0 Å². The molecule has 0 radical (unpaired) electrons. The lowest BCUT2D eigenvalue weighted by Crippen LogP contribution is -2.28. The number of hydrogen-bond acceptors (Lipinski definition) is 6. The number of anilines is 1. The summed E-state index contributed by atoms with van der Waals surface area (Å²) in [5.74, 6) is 0. The SMILES string of the molecule is CCCC(CN)Nc1nc2ccc([N+](=O)[O-])cc2o1. The summed E-state index contributed by atoms with van der Waals surface area (Å²) in [6.07, 6.45) is 1.91. The molecule has 0 fully saturated rings. The average molecular weight is 264 g/mol. The van der Waals surface area contributed by atoms with Gasteiger partial charge in [0, 0.05) is 18.7 Å². The minimum atomic E-state index is -0.463. The van der Waals surface area contributed by atoms with Crippen LogP contribution in [0.3, 0.4) is 0 Å². The van der Waals surface area contributed by atoms with E-state index in [-0.39, 0.29) is 11.7 Å². The largest absolute Gasteiger partial charge is 0.423 e. The van der Waals surface area contributed by atoms with Gasteiger partial charge in [0.05, 0.1) is 11.0 Å². The lowest BCUT2D eigenvalue weighted by Gasteiger charge is -2.13. The second-order valence-electron chi connectivity index (χ2n) is 4.29. The molecule has 0 saturated heterocycles. The molecular weight excluding hydrogens is 248 g/mol. The van der Waals surface area contributed by atoms with Crippen molar-refractivity contribution in [3.63, 3.8) is 0 Å². The van der Waals surface area contributed by atoms with Gasteiger partial charge in [0.15, 0.2) is 5.58 Å². The molecule has 0 saturated carbocycles. The van der Waals surface area contributed by atoms with Gasteiger partial charge in [0.25, 0.3) is 11.7 Å². The standard InChI is InChI=1S/C12H16N4O3/c1-2-3-8(7-13)14-12-15-10-5-4-9(16(17)18)6-11(10)19-12/h4-6,8H,2-3,7,13H2,1H3,(H,14,15). The van der Waals surface area contributed by atoms with Crippen molar-refractivity contribution in [2.75, 3.05) is 11.9 Å². The number of aromatic nitrogens is 1. The molecule has 0 spiro atoms. The minimum absolute atomic E-state index is 0.0147. The Morgan fingerprint density at radius 2 is 2.37 bits per heavy atom. The van der Waals surface area contributed by atoms with Crippen LogP contribution in [0.5, 0.6) is 0 Å². The van der Waals surface area contributed by atoms with Crippen LogP contribution < -0.4 is 11.1 Å². The maximum absolute atomic E-state index is 10.7. The first-order valence-corrected chi connectivity index (χ1v) is 6.15. The summed E-state index contributed by atoms with van der Waals surface area (Å²) >= 11 is 0. The van der Waals surface area contributed by atoms with Crippen LogP contribution in [0, 0.1) is 10.1 Å². The fraction of sp³-hybridized carbons (Fsp3) is 0.417. The fourth-order valence-corrected chi connectivity index (χ4v) is 1.86. The number of non-ortho nitro benzene ring substituents is 1. The molecule has 1 atom stereocenters. The number of benzene rings is 1. The Bertz CT molecular complexity index is 581. The Morgan fingerprint density at radius 1 is 1.58 bits per heavy atom. The van der Waals surface area contributed by atoms with Crippen molar-refractivity contribution in [3.05, 3.63) is 28.3 Å². The quantitative estimate of drug-likeness (QED) is 0.612. The predicted molar refractivity (Wildman–Crippen MR) is 72.0 cm³/mol. The van der Waals surface area contributed by atoms with Crippen LogP contribution in [-0.2, 0) is 0 Å². The van der Waals surface area contributed by atoms with Crippen molar-refractivity contribution < 1.29 is 9.34 Å². The molecule has 3 N–H and O–H groups in total. The Hall–Kier alpha value is -2.15. The Kier molecular flexibility index (Phi) is 3.96. The predicted octanol–water partition coefficient (Wildman–Crippen LogP) is 2.28. The number of oxazole rings is 1. The molecule has 2 aromatic rings. The van der Waals surface area contributed by atoms with Crippen molar-refractivity contribution in [2.24, 2.45) is 5.73 Å². The molecule has 7 heteroatoms. The third kappa shape index (κ3) is 3.00. The van der Waals surface area contributed by atoms with Gasteiger partial charge in [0.1, 0.15) is 5.52 Å². The third-order valence-electron chi connectivity index (χ3n) is 2.83. The number of fused-ring (bicyclic) bond motifs is 1. The number of hydrogen-bond donors (Lipinski definition) is 2. The molecule has 19 heavy (non-hydrogen) atoms. The van der Waals surface area contributed by atoms with E-state index >= 15 is 0 Å². The highest BCUT2D eigenvalue weighted by molar-refractivity contribution is 5.77. The number of nitrogens with zero attached hydrogens (tertiary/aromatic N) is 2. The molecule has 2 rings (SSSR count). The molecule has 1 unspecified atom stereocenters. The van der Waals surface area contributed by atoms with E-state index in [4.69, 9.17) is 10.2 Å². The minimum Gasteiger partial charge on any atom is -0.423 e. The Labute approximate surface area is 109 Å². The second kappa shape index (κ2) is 5.66. The van der Waals surface area contributed by atoms with E-state index in [0.29, 0.717) is 23.7 Å². The van der Waals surface area contributed by atoms with Crippen molar-refractivity contribution in [1.29, 1.82) is 0 Å². The van der Waals surface area contributed by atoms with E-state index in [1.807, 2.05) is 0 Å². The van der Waals surface area contributed by atoms with Gasteiger partial charge < -0.3 is 15.5 Å². The van der Waals surface area contributed by atoms with Crippen molar-refractivity contribution in [3.8, 4) is 0 Å². The van der Waals surface area contributed by atoms with Gasteiger partial charge in [-0.15, -0.1) is 0 Å². The number of nitro groups is 1. The molecule has 1 aromatic carbocycles. The maximum atomic E-state index is 10.7. The zero-order valence-corrected chi connectivity index (χ0v) is 10.6. The molecular formula is C12H16N4O3. The van der Waals surface area contributed by atoms with E-state index in [9.17, 15) is 10.1 Å². The number of nitrogens with two attached hydrogens (primary N) is 1. The second-order valence-corrected chi connectivity index (χ2v) is 4.29. The van der Waals surface area contributed by atoms with E-state index in [0.717, 1.165) is 12.8 Å². The van der Waals surface area contributed by atoms with Crippen molar-refractivity contribution in [1.82, 2.24) is 4.98 Å². The summed E-state index contributed by atoms with van der Waals surface area (Å²) in [5.41, 5.74) is 6.61. The molecule has 102 valence electrons. The Morgan fingerprint density at radius 3 is 3.00 bits per heavy atom. The van der Waals surface area contributed by atoms with Gasteiger partial charge in [-0.2, -0.15) is 4.98 Å². The van der Waals surface area contributed by atoms with Gasteiger partial charge in [-0.05, 0) is 12.5 Å². The summed E-state index contributed by atoms with van der Waals surface area (Å²) in [4.78, 5) is 14.4. The summed E-state index contributed by atoms with van der Waals surface area (Å²) in [7, 11) is 0. The topological polar surface area (TPSA) is 107 Å². The smallest absolute Gasteiger partial charge is 0.295 e. The first kappa shape index (κ1) is 13.3. The van der Waals surface area contributed by atoms with Crippen LogP contribution in [0.1, 0.15) is 19.8 Å². The van der Waals surface area contributed by atoms with Crippen LogP contribution in [0.25, 0.3) is 11.1 Å². The molecule has 0 aliphatic heterocycles. The summed E-state index contributed by atoms with van der Waals surface area (Å²) in [5, 5.41) is 13.8. The van der Waals surface area contributed by atoms with Gasteiger partial charge in [-0.3, -0.25) is 10.1 Å². The van der Waals surface area contributed by atoms with Crippen molar-refractivity contribution in [2.45, 2.75) is 25.8 Å². The number of rotatable bonds is 6. The highest BCUT2D eigenvalue weighted by Crippen LogP contribution is 2.24. The number of nitro benzene ring substituents is 1. The molecule has 0 amide bonds. The normalized spacial score (nSPS) is 12.5. The van der Waals surface area contributed by atoms with Crippen LogP contribution in [0.2, 0.25) is 0 Å². The lowest BCUT2D eigenvalue weighted by molar-refractivity contribution is -0.384. The van der Waals surface area contributed by atoms with Crippen molar-refractivity contribution >= 4 is 22.8 Å². The molecule has 7 nitrogen and oxygen atoms in total. The van der Waals surface area contributed by atoms with Gasteiger partial charge in [0.2, 0.25) is 0 Å². The fourth-order valence-electron chi connectivity index (χ4n) is 1.86. The number of nitrogens with one attached hydrogen (secondary N) is 1. The molecule has 1 aromatic heterocycles. The highest BCUT2D eigenvalue weighted by Gasteiger charge is 2.13. The third-order valence-corrected chi connectivity index (χ3v) is 2.83. The van der Waals surface area contributed by atoms with Gasteiger partial charge in [-0.1, -0.05) is 13.3 Å². The zero-order valence-electron chi connectivity index (χ0n) is 10.6. The molecule has 0 aliphatic carbocycles. The van der Waals surface area contributed by atoms with Crippen LogP contribution in [-0.4, -0.2) is 22.5 Å². The van der Waals surface area contributed by atoms with Crippen LogP contribution in [0.4, 0.5) is 11.7 Å². The first-order chi connectivity index (χ1) is 9.13. The maximum Gasteiger partial charge on any atom is 0.295 e. The zero-order chi connectivity index (χ0) is 13.8. The molecule has 0 aliphatic rings. The average Bonchev–Trinajstić information content (AvgIpc) is 2.79. The van der Waals surface area contributed by atoms with Gasteiger partial charge >= 0.3 is 0 Å². The van der Waals surface area contributed by atoms with E-state index in [2.05, 4.69) is 17.2 Å². The van der Waals surface area contributed by atoms with E-state index < -0.39 is 4.92 Å². The van der Waals surface area contributed by atoms with Gasteiger partial charge in [-0.25, -0.2) is 0 Å². The highest BCUT2D eigenvalue weighted by atomic mass is 16.6. The first-order valence-electron chi connectivity index (χ1n) is 6.15. The summed E-state index contributed by atoms with van der Waals surface area (Å²) < 4.78 is 5.46. The molecule has 0 bridgehead atoms. The Balaban J connectivity index is 2.23. The van der Waals surface area contributed by atoms with E-state index in [1.165, 1.54) is 12.1 Å². The van der Waals surface area contributed by atoms with E-state index in [1.54, 1.807) is 6.07 Å². The molecule has 1 heterocycles. The lowest BCUT2D eigenvalue weighted by atomic mass is 10.2. The summed E-state index contributed by atoms with van der Waals surface area (Å²) in [6.45, 7) is 2.55.